The van der Waals surface area contributed by atoms with E-state index >= 15 is 0 Å². The van der Waals surface area contributed by atoms with Gasteiger partial charge in [0.1, 0.15) is 4.32 Å². The maximum Gasteiger partial charge on any atom is 0.267 e. The number of benzene rings is 1. The molecule has 1 saturated heterocycles. The summed E-state index contributed by atoms with van der Waals surface area (Å²) < 4.78 is 0.573. The summed E-state index contributed by atoms with van der Waals surface area (Å²) in [5.41, 5.74) is 2.29. The first-order valence-corrected chi connectivity index (χ1v) is 12.0. The van der Waals surface area contributed by atoms with Gasteiger partial charge in [-0.05, 0) is 18.9 Å². The first-order valence-electron chi connectivity index (χ1n) is 10.8. The first kappa shape index (κ1) is 22.0. The lowest BCUT2D eigenvalue weighted by atomic mass is 10.1. The van der Waals surface area contributed by atoms with Crippen molar-refractivity contribution in [2.75, 3.05) is 18.0 Å². The monoisotopic (exact) mass is 430 g/mol. The number of nitrogens with zero attached hydrogens (tertiary/aromatic N) is 2. The van der Waals surface area contributed by atoms with Crippen molar-refractivity contribution in [1.82, 2.24) is 4.90 Å². The summed E-state index contributed by atoms with van der Waals surface area (Å²) in [5.74, 6) is -0.177. The second kappa shape index (κ2) is 10.4. The Morgan fingerprint density at radius 3 is 2.24 bits per heavy atom. The summed E-state index contributed by atoms with van der Waals surface area (Å²) in [6, 6.07) is 7.77. The Bertz CT molecular complexity index is 819. The highest BCUT2D eigenvalue weighted by molar-refractivity contribution is 8.26. The standard InChI is InChI=1S/C23H30N2O2S2/c1-3-5-7-8-9-12-16-25-22(27)20(29-23(25)28)19-17-13-10-11-14-18(17)24(21(19)26)15-6-4-2/h10-11,13-14H,3-9,12,15-16H2,1-2H3/b20-19-. The molecular formula is C23H30N2O2S2. The van der Waals surface area contributed by atoms with E-state index in [1.54, 1.807) is 4.90 Å². The van der Waals surface area contributed by atoms with Crippen LogP contribution in [0.2, 0.25) is 0 Å². The number of anilines is 1. The first-order chi connectivity index (χ1) is 14.1. The van der Waals surface area contributed by atoms with Gasteiger partial charge in [-0.1, -0.05) is 94.6 Å². The third kappa shape index (κ3) is 4.75. The van der Waals surface area contributed by atoms with Crippen molar-refractivity contribution in [1.29, 1.82) is 0 Å². The highest BCUT2D eigenvalue weighted by Gasteiger charge is 2.41. The molecule has 2 aliphatic heterocycles. The fourth-order valence-electron chi connectivity index (χ4n) is 3.83. The van der Waals surface area contributed by atoms with E-state index in [0.717, 1.165) is 36.9 Å². The van der Waals surface area contributed by atoms with Crippen LogP contribution < -0.4 is 4.90 Å². The molecule has 0 bridgehead atoms. The van der Waals surface area contributed by atoms with Crippen LogP contribution in [-0.2, 0) is 9.59 Å². The fraction of sp³-hybridized carbons (Fsp3) is 0.522. The van der Waals surface area contributed by atoms with Gasteiger partial charge >= 0.3 is 0 Å². The molecule has 2 aliphatic rings. The van der Waals surface area contributed by atoms with Gasteiger partial charge in [-0.3, -0.25) is 14.5 Å². The topological polar surface area (TPSA) is 40.6 Å². The minimum atomic E-state index is -0.107. The van der Waals surface area contributed by atoms with Crippen LogP contribution in [0.1, 0.15) is 70.8 Å². The number of unbranched alkanes of at least 4 members (excludes halogenated alkanes) is 6. The van der Waals surface area contributed by atoms with Gasteiger partial charge in [-0.15, -0.1) is 0 Å². The van der Waals surface area contributed by atoms with Crippen LogP contribution in [0.4, 0.5) is 5.69 Å². The molecule has 2 heterocycles. The van der Waals surface area contributed by atoms with Gasteiger partial charge in [-0.2, -0.15) is 0 Å². The Labute approximate surface area is 183 Å². The Hall–Kier alpha value is -1.66. The van der Waals surface area contributed by atoms with Crippen LogP contribution in [0.5, 0.6) is 0 Å². The van der Waals surface area contributed by atoms with Crippen LogP contribution in [-0.4, -0.2) is 34.1 Å². The number of para-hydroxylation sites is 1. The second-order valence-electron chi connectivity index (χ2n) is 7.62. The molecule has 4 nitrogen and oxygen atoms in total. The van der Waals surface area contributed by atoms with Gasteiger partial charge in [0.05, 0.1) is 16.2 Å². The smallest absolute Gasteiger partial charge is 0.267 e. The maximum absolute atomic E-state index is 13.2. The Morgan fingerprint density at radius 2 is 1.48 bits per heavy atom. The molecule has 1 aromatic rings. The summed E-state index contributed by atoms with van der Waals surface area (Å²) in [6.45, 7) is 5.64. The lowest BCUT2D eigenvalue weighted by molar-refractivity contribution is -0.122. The molecule has 1 fully saturated rings. The number of carbonyl (C=O) groups is 2. The number of thioether (sulfide) groups is 1. The van der Waals surface area contributed by atoms with E-state index in [2.05, 4.69) is 13.8 Å². The van der Waals surface area contributed by atoms with Crippen molar-refractivity contribution in [3.05, 3.63) is 34.7 Å². The lowest BCUT2D eigenvalue weighted by Gasteiger charge is -2.16. The summed E-state index contributed by atoms with van der Waals surface area (Å²) in [6.07, 6.45) is 8.95. The number of amides is 2. The lowest BCUT2D eigenvalue weighted by Crippen LogP contribution is -2.30. The van der Waals surface area contributed by atoms with E-state index < -0.39 is 0 Å². The zero-order chi connectivity index (χ0) is 20.8. The summed E-state index contributed by atoms with van der Waals surface area (Å²) in [7, 11) is 0. The molecule has 0 aromatic heterocycles. The highest BCUT2D eigenvalue weighted by Crippen LogP contribution is 2.44. The summed E-state index contributed by atoms with van der Waals surface area (Å²) >= 11 is 6.78. The zero-order valence-electron chi connectivity index (χ0n) is 17.4. The Morgan fingerprint density at radius 1 is 0.828 bits per heavy atom. The number of fused-ring (bicyclic) bond motifs is 1. The summed E-state index contributed by atoms with van der Waals surface area (Å²) in [5, 5.41) is 0. The van der Waals surface area contributed by atoms with Crippen molar-refractivity contribution in [2.45, 2.75) is 65.2 Å². The molecule has 3 rings (SSSR count). The normalized spacial score (nSPS) is 18.9. The van der Waals surface area contributed by atoms with E-state index in [4.69, 9.17) is 12.2 Å². The van der Waals surface area contributed by atoms with Crippen LogP contribution in [0.25, 0.3) is 5.57 Å². The van der Waals surface area contributed by atoms with Gasteiger partial charge in [0.25, 0.3) is 11.8 Å². The second-order valence-corrected chi connectivity index (χ2v) is 9.27. The molecule has 0 aliphatic carbocycles. The minimum Gasteiger partial charge on any atom is -0.308 e. The van der Waals surface area contributed by atoms with Crippen LogP contribution in [0, 0.1) is 0 Å². The number of carbonyl (C=O) groups excluding carboxylic acids is 2. The third-order valence-corrected chi connectivity index (χ3v) is 6.92. The Balaban J connectivity index is 1.77. The maximum atomic E-state index is 13.2. The van der Waals surface area contributed by atoms with E-state index in [1.165, 1.54) is 37.4 Å². The van der Waals surface area contributed by atoms with Gasteiger partial charge in [0.2, 0.25) is 0 Å². The van der Waals surface area contributed by atoms with Gasteiger partial charge in [-0.25, -0.2) is 0 Å². The van der Waals surface area contributed by atoms with Crippen LogP contribution in [0.15, 0.2) is 29.2 Å². The van der Waals surface area contributed by atoms with Crippen molar-refractivity contribution >= 4 is 51.4 Å². The number of hydrogen-bond acceptors (Lipinski definition) is 4. The third-order valence-electron chi connectivity index (χ3n) is 5.47. The molecule has 6 heteroatoms. The van der Waals surface area contributed by atoms with Crippen molar-refractivity contribution in [3.8, 4) is 0 Å². The number of hydrogen-bond donors (Lipinski definition) is 0. The number of rotatable bonds is 10. The van der Waals surface area contributed by atoms with Gasteiger partial charge < -0.3 is 4.90 Å². The van der Waals surface area contributed by atoms with Crippen LogP contribution >= 0.6 is 24.0 Å². The van der Waals surface area contributed by atoms with E-state index in [1.807, 2.05) is 29.2 Å². The molecule has 0 radical (unpaired) electrons. The van der Waals surface area contributed by atoms with Gasteiger partial charge in [0.15, 0.2) is 0 Å². The van der Waals surface area contributed by atoms with Crippen molar-refractivity contribution < 1.29 is 9.59 Å². The molecular weight excluding hydrogens is 400 g/mol. The number of thiocarbonyl (C=S) groups is 1. The molecule has 2 amide bonds. The molecule has 0 unspecified atom stereocenters. The zero-order valence-corrected chi connectivity index (χ0v) is 19.0. The molecule has 0 N–H and O–H groups in total. The predicted molar refractivity (Wildman–Crippen MR) is 126 cm³/mol. The van der Waals surface area contributed by atoms with Gasteiger partial charge in [0, 0.05) is 18.7 Å². The van der Waals surface area contributed by atoms with E-state index in [0.29, 0.717) is 27.9 Å². The van der Waals surface area contributed by atoms with Crippen molar-refractivity contribution in [2.24, 2.45) is 0 Å². The minimum absolute atomic E-state index is 0.0697. The summed E-state index contributed by atoms with van der Waals surface area (Å²) in [4.78, 5) is 30.3. The SMILES string of the molecule is CCCCCCCCN1C(=O)/C(=C2/C(=O)N(CCCC)c3ccccc32)SC1=S. The molecule has 0 saturated carbocycles. The highest BCUT2D eigenvalue weighted by atomic mass is 32.2. The largest absolute Gasteiger partial charge is 0.308 e. The molecule has 0 atom stereocenters. The predicted octanol–water partition coefficient (Wildman–Crippen LogP) is 5.77. The molecule has 1 aromatic carbocycles. The fourth-order valence-corrected chi connectivity index (χ4v) is 5.21. The van der Waals surface area contributed by atoms with Crippen molar-refractivity contribution in [3.63, 3.8) is 0 Å². The molecule has 0 spiro atoms. The van der Waals surface area contributed by atoms with E-state index in [-0.39, 0.29) is 11.8 Å². The van der Waals surface area contributed by atoms with Crippen LogP contribution in [0.3, 0.4) is 0 Å². The molecule has 29 heavy (non-hydrogen) atoms. The Kier molecular flexibility index (Phi) is 7.90. The average Bonchev–Trinajstić information content (AvgIpc) is 3.15. The quantitative estimate of drug-likeness (QED) is 0.269. The average molecular weight is 431 g/mol. The molecule has 156 valence electrons. The van der Waals surface area contributed by atoms with E-state index in [9.17, 15) is 9.59 Å².